The topological polar surface area (TPSA) is 29.1 Å². The van der Waals surface area contributed by atoms with E-state index >= 15 is 0 Å². The van der Waals surface area contributed by atoms with Gasteiger partial charge in [0.25, 0.3) is 0 Å². The molecule has 0 unspecified atom stereocenters. The van der Waals surface area contributed by atoms with E-state index in [-0.39, 0.29) is 5.91 Å². The molecule has 0 spiro atoms. The molecule has 0 aromatic carbocycles. The summed E-state index contributed by atoms with van der Waals surface area (Å²) >= 11 is 0.757. The molecule has 0 radical (unpaired) electrons. The van der Waals surface area contributed by atoms with Crippen LogP contribution in [-0.2, 0) is 17.9 Å². The first-order valence-corrected chi connectivity index (χ1v) is 5.98. The van der Waals surface area contributed by atoms with E-state index in [2.05, 4.69) is 25.5 Å². The van der Waals surface area contributed by atoms with Crippen molar-refractivity contribution in [1.29, 1.82) is 0 Å². The van der Waals surface area contributed by atoms with Gasteiger partial charge in [0.05, 0.1) is 0 Å². The molecule has 71 valence electrons. The maximum absolute atomic E-state index is 10.6. The normalized spacial score (nSPS) is 17.8. The second kappa shape index (κ2) is 8.66. The number of carbonyl (C=O) groups excluding carboxylic acids is 1. The molecule has 1 fully saturated rings. The summed E-state index contributed by atoms with van der Waals surface area (Å²) in [6.45, 7) is 0.888. The van der Waals surface area contributed by atoms with Crippen LogP contribution in [0.15, 0.2) is 0 Å². The van der Waals surface area contributed by atoms with Crippen molar-refractivity contribution in [2.24, 2.45) is 0 Å². The fourth-order valence-electron chi connectivity index (χ4n) is 0.904. The van der Waals surface area contributed by atoms with Gasteiger partial charge >= 0.3 is 33.3 Å². The minimum absolute atomic E-state index is 0.225. The standard InChI is InChI=1S/C6H11NO.2ClH.Cu/c8-6-4-2-1-3-5-7-6;;;/h1-5H2,(H,7,8);2*1H;/q;;;+2/p-2. The molecule has 1 N–H and O–H groups in total. The van der Waals surface area contributed by atoms with Crippen LogP contribution in [0.25, 0.3) is 0 Å². The van der Waals surface area contributed by atoms with Crippen LogP contribution in [0.3, 0.4) is 0 Å². The summed E-state index contributed by atoms with van der Waals surface area (Å²) in [4.78, 5) is 10.6. The fourth-order valence-corrected chi connectivity index (χ4v) is 0.904. The predicted molar refractivity (Wildman–Crippen MR) is 43.2 cm³/mol. The first kappa shape index (κ1) is 11.6. The van der Waals surface area contributed by atoms with Gasteiger partial charge in [-0.15, -0.1) is 0 Å². The zero-order valence-electron chi connectivity index (χ0n) is 6.00. The molecule has 0 aliphatic carbocycles. The third-order valence-electron chi connectivity index (χ3n) is 1.40. The molecule has 1 heterocycles. The Morgan fingerprint density at radius 1 is 1.27 bits per heavy atom. The zero-order valence-corrected chi connectivity index (χ0v) is 8.45. The van der Waals surface area contributed by atoms with E-state index < -0.39 is 0 Å². The maximum atomic E-state index is 10.6. The van der Waals surface area contributed by atoms with Crippen LogP contribution in [0.5, 0.6) is 0 Å². The Bertz CT molecular complexity index is 103. The van der Waals surface area contributed by atoms with Crippen LogP contribution in [0.1, 0.15) is 25.7 Å². The van der Waals surface area contributed by atoms with Gasteiger partial charge in [-0.25, -0.2) is 0 Å². The third kappa shape index (κ3) is 8.48. The zero-order chi connectivity index (χ0) is 8.53. The Hall–Kier alpha value is 0.569. The molecule has 1 aliphatic heterocycles. The molecule has 1 rings (SSSR count). The quantitative estimate of drug-likeness (QED) is 0.652. The summed E-state index contributed by atoms with van der Waals surface area (Å²) in [5.41, 5.74) is 0. The average molecular weight is 248 g/mol. The number of halogens is 2. The molecule has 0 aromatic rings. The van der Waals surface area contributed by atoms with Gasteiger partial charge in [0.15, 0.2) is 0 Å². The van der Waals surface area contributed by atoms with Crippen molar-refractivity contribution in [3.63, 3.8) is 0 Å². The Kier molecular flexibility index (Phi) is 9.11. The molecule has 1 aliphatic rings. The first-order valence-electron chi connectivity index (χ1n) is 3.39. The van der Waals surface area contributed by atoms with Crippen molar-refractivity contribution >= 4 is 26.1 Å². The monoisotopic (exact) mass is 246 g/mol. The number of hydrogen-bond donors (Lipinski definition) is 1. The molecule has 1 amide bonds. The molecular formula is C6H11Cl2CuNO. The van der Waals surface area contributed by atoms with Crippen molar-refractivity contribution in [3.8, 4) is 0 Å². The molecule has 2 nitrogen and oxygen atoms in total. The van der Waals surface area contributed by atoms with Crippen molar-refractivity contribution < 1.29 is 17.9 Å². The molecule has 0 atom stereocenters. The Balaban J connectivity index is 0.000000292. The van der Waals surface area contributed by atoms with Crippen molar-refractivity contribution in [2.75, 3.05) is 6.54 Å². The van der Waals surface area contributed by atoms with Gasteiger partial charge < -0.3 is 5.32 Å². The summed E-state index contributed by atoms with van der Waals surface area (Å²) in [7, 11) is 9.34. The molecular weight excluding hydrogens is 237 g/mol. The summed E-state index contributed by atoms with van der Waals surface area (Å²) in [6.07, 6.45) is 4.18. The average Bonchev–Trinajstić information content (AvgIpc) is 2.18. The minimum atomic E-state index is 0.225. The van der Waals surface area contributed by atoms with Gasteiger partial charge in [0.2, 0.25) is 5.91 Å². The van der Waals surface area contributed by atoms with Gasteiger partial charge in [-0.05, 0) is 12.8 Å². The van der Waals surface area contributed by atoms with Gasteiger partial charge in [-0.2, -0.15) is 0 Å². The van der Waals surface area contributed by atoms with E-state index in [1.807, 2.05) is 0 Å². The van der Waals surface area contributed by atoms with E-state index in [1.54, 1.807) is 0 Å². The summed E-state index contributed by atoms with van der Waals surface area (Å²) < 4.78 is 0. The van der Waals surface area contributed by atoms with Crippen molar-refractivity contribution in [3.05, 3.63) is 0 Å². The Morgan fingerprint density at radius 3 is 2.55 bits per heavy atom. The van der Waals surface area contributed by atoms with E-state index in [1.165, 1.54) is 6.42 Å². The van der Waals surface area contributed by atoms with Gasteiger partial charge in [0.1, 0.15) is 0 Å². The van der Waals surface area contributed by atoms with Gasteiger partial charge in [0, 0.05) is 13.0 Å². The first-order chi connectivity index (χ1) is 5.31. The predicted octanol–water partition coefficient (Wildman–Crippen LogP) is 2.05. The van der Waals surface area contributed by atoms with E-state index in [9.17, 15) is 4.79 Å². The second-order valence-corrected chi connectivity index (χ2v) is 3.76. The van der Waals surface area contributed by atoms with Crippen LogP contribution in [0.4, 0.5) is 0 Å². The van der Waals surface area contributed by atoms with Crippen LogP contribution >= 0.6 is 20.2 Å². The number of nitrogens with one attached hydrogen (secondary N) is 1. The fraction of sp³-hybridized carbons (Fsp3) is 0.833. The number of hydrogen-bond acceptors (Lipinski definition) is 1. The Labute approximate surface area is 81.6 Å². The molecule has 0 aromatic heterocycles. The van der Waals surface area contributed by atoms with Crippen LogP contribution in [-0.4, -0.2) is 12.5 Å². The van der Waals surface area contributed by atoms with Gasteiger partial charge in [-0.3, -0.25) is 4.79 Å². The summed E-state index contributed by atoms with van der Waals surface area (Å²) in [5, 5.41) is 2.81. The molecule has 5 heteroatoms. The van der Waals surface area contributed by atoms with Gasteiger partial charge in [-0.1, -0.05) is 6.42 Å². The van der Waals surface area contributed by atoms with E-state index in [0.717, 1.165) is 38.9 Å². The second-order valence-electron chi connectivity index (χ2n) is 2.20. The molecule has 1 saturated heterocycles. The molecule has 0 bridgehead atoms. The van der Waals surface area contributed by atoms with E-state index in [0.29, 0.717) is 0 Å². The van der Waals surface area contributed by atoms with Crippen molar-refractivity contribution in [1.82, 2.24) is 5.32 Å². The third-order valence-corrected chi connectivity index (χ3v) is 1.40. The molecule has 0 saturated carbocycles. The summed E-state index contributed by atoms with van der Waals surface area (Å²) in [6, 6.07) is 0. The SMILES string of the molecule is O=C1CCCCCN1.[Cl][Cu][Cl]. The van der Waals surface area contributed by atoms with Crippen LogP contribution in [0.2, 0.25) is 0 Å². The number of amides is 1. The number of carbonyl (C=O) groups is 1. The Morgan fingerprint density at radius 2 is 1.91 bits per heavy atom. The number of rotatable bonds is 0. The molecule has 11 heavy (non-hydrogen) atoms. The summed E-state index contributed by atoms with van der Waals surface area (Å²) in [5.74, 6) is 0.225. The van der Waals surface area contributed by atoms with E-state index in [4.69, 9.17) is 0 Å². The van der Waals surface area contributed by atoms with Crippen LogP contribution < -0.4 is 5.32 Å². The van der Waals surface area contributed by atoms with Crippen LogP contribution in [0, 0.1) is 0 Å². The van der Waals surface area contributed by atoms with Crippen molar-refractivity contribution in [2.45, 2.75) is 25.7 Å².